The Hall–Kier alpha value is -0.570. The van der Waals surface area contributed by atoms with E-state index >= 15 is 0 Å². The Morgan fingerprint density at radius 1 is 1.06 bits per heavy atom. The molecule has 17 heavy (non-hydrogen) atoms. The van der Waals surface area contributed by atoms with Crippen LogP contribution in [0, 0.1) is 5.92 Å². The molecule has 2 fully saturated rings. The van der Waals surface area contributed by atoms with E-state index in [4.69, 9.17) is 0 Å². The maximum Gasteiger partial charge on any atom is 0.308 e. The Kier molecular flexibility index (Phi) is 4.43. The zero-order chi connectivity index (χ0) is 12.3. The molecule has 0 spiro atoms. The second kappa shape index (κ2) is 5.85. The Labute approximate surface area is 104 Å². The normalized spacial score (nSPS) is 36.4. The van der Waals surface area contributed by atoms with Crippen LogP contribution in [0.5, 0.6) is 0 Å². The molecule has 2 aliphatic rings. The summed E-state index contributed by atoms with van der Waals surface area (Å²) in [5.74, 6) is -0.701. The monoisotopic (exact) mass is 239 g/mol. The first-order chi connectivity index (χ1) is 8.20. The van der Waals surface area contributed by atoms with Crippen molar-refractivity contribution < 1.29 is 9.90 Å². The van der Waals surface area contributed by atoms with Gasteiger partial charge in [-0.1, -0.05) is 25.7 Å². The van der Waals surface area contributed by atoms with E-state index in [9.17, 15) is 9.90 Å². The summed E-state index contributed by atoms with van der Waals surface area (Å²) in [6.45, 7) is 3.37. The van der Waals surface area contributed by atoms with Crippen molar-refractivity contribution in [3.8, 4) is 0 Å². The fourth-order valence-electron chi connectivity index (χ4n) is 3.59. The van der Waals surface area contributed by atoms with Crippen LogP contribution in [-0.4, -0.2) is 34.6 Å². The molecule has 0 amide bonds. The highest BCUT2D eigenvalue weighted by Gasteiger charge is 2.36. The minimum absolute atomic E-state index is 0.127. The number of rotatable bonds is 2. The number of hydrogen-bond acceptors (Lipinski definition) is 2. The number of carbonyl (C=O) groups is 1. The molecule has 2 rings (SSSR count). The van der Waals surface area contributed by atoms with Gasteiger partial charge in [0.05, 0.1) is 5.92 Å². The number of hydrogen-bond donors (Lipinski definition) is 1. The molecule has 3 atom stereocenters. The minimum atomic E-state index is -0.574. The van der Waals surface area contributed by atoms with E-state index in [1.54, 1.807) is 0 Å². The van der Waals surface area contributed by atoms with Crippen LogP contribution in [0.4, 0.5) is 0 Å². The molecule has 1 aliphatic heterocycles. The Morgan fingerprint density at radius 3 is 2.47 bits per heavy atom. The lowest BCUT2D eigenvalue weighted by molar-refractivity contribution is -0.145. The van der Waals surface area contributed by atoms with Gasteiger partial charge in [0.2, 0.25) is 0 Å². The minimum Gasteiger partial charge on any atom is -0.481 e. The van der Waals surface area contributed by atoms with Crippen molar-refractivity contribution >= 4 is 5.97 Å². The van der Waals surface area contributed by atoms with Crippen LogP contribution in [0.2, 0.25) is 0 Å². The maximum atomic E-state index is 11.4. The molecule has 0 radical (unpaired) electrons. The third kappa shape index (κ3) is 3.01. The van der Waals surface area contributed by atoms with Gasteiger partial charge in [0.25, 0.3) is 0 Å². The van der Waals surface area contributed by atoms with Gasteiger partial charge in [-0.05, 0) is 39.2 Å². The zero-order valence-electron chi connectivity index (χ0n) is 10.9. The third-order valence-electron chi connectivity index (χ3n) is 4.58. The topological polar surface area (TPSA) is 40.5 Å². The molecule has 3 nitrogen and oxygen atoms in total. The van der Waals surface area contributed by atoms with Crippen LogP contribution < -0.4 is 0 Å². The SMILES string of the molecule is CC1CCCCN1C1CCCCCC1C(=O)O. The molecule has 0 aromatic carbocycles. The first-order valence-electron chi connectivity index (χ1n) is 7.18. The number of carboxylic acid groups (broad SMARTS) is 1. The summed E-state index contributed by atoms with van der Waals surface area (Å²) in [5.41, 5.74) is 0. The summed E-state index contributed by atoms with van der Waals surface area (Å²) in [7, 11) is 0. The number of piperidine rings is 1. The predicted molar refractivity (Wildman–Crippen MR) is 68.0 cm³/mol. The summed E-state index contributed by atoms with van der Waals surface area (Å²) in [5, 5.41) is 9.42. The predicted octanol–water partition coefficient (Wildman–Crippen LogP) is 2.89. The van der Waals surface area contributed by atoms with E-state index in [0.29, 0.717) is 12.1 Å². The van der Waals surface area contributed by atoms with Gasteiger partial charge in [-0.2, -0.15) is 0 Å². The van der Waals surface area contributed by atoms with Crippen molar-refractivity contribution in [3.63, 3.8) is 0 Å². The van der Waals surface area contributed by atoms with E-state index < -0.39 is 5.97 Å². The number of aliphatic carboxylic acids is 1. The van der Waals surface area contributed by atoms with Gasteiger partial charge >= 0.3 is 5.97 Å². The van der Waals surface area contributed by atoms with Crippen molar-refractivity contribution in [2.75, 3.05) is 6.54 Å². The van der Waals surface area contributed by atoms with Crippen molar-refractivity contribution in [3.05, 3.63) is 0 Å². The smallest absolute Gasteiger partial charge is 0.308 e. The molecule has 0 bridgehead atoms. The summed E-state index contributed by atoms with van der Waals surface area (Å²) in [6.07, 6.45) is 9.26. The number of likely N-dealkylation sites (tertiary alicyclic amines) is 1. The number of carboxylic acids is 1. The molecule has 1 saturated carbocycles. The average molecular weight is 239 g/mol. The molecule has 3 heteroatoms. The highest BCUT2D eigenvalue weighted by atomic mass is 16.4. The van der Waals surface area contributed by atoms with E-state index in [0.717, 1.165) is 25.8 Å². The van der Waals surface area contributed by atoms with Gasteiger partial charge in [-0.25, -0.2) is 0 Å². The Bertz CT molecular complexity index is 267. The van der Waals surface area contributed by atoms with Crippen LogP contribution in [0.3, 0.4) is 0 Å². The van der Waals surface area contributed by atoms with Gasteiger partial charge in [0, 0.05) is 12.1 Å². The van der Waals surface area contributed by atoms with E-state index in [1.807, 2.05) is 0 Å². The summed E-state index contributed by atoms with van der Waals surface area (Å²) in [4.78, 5) is 13.9. The highest BCUT2D eigenvalue weighted by Crippen LogP contribution is 2.31. The summed E-state index contributed by atoms with van der Waals surface area (Å²) < 4.78 is 0. The van der Waals surface area contributed by atoms with Crippen LogP contribution in [0.15, 0.2) is 0 Å². The molecular weight excluding hydrogens is 214 g/mol. The lowest BCUT2D eigenvalue weighted by Gasteiger charge is -2.41. The fraction of sp³-hybridized carbons (Fsp3) is 0.929. The summed E-state index contributed by atoms with van der Waals surface area (Å²) >= 11 is 0. The molecular formula is C14H25NO2. The Balaban J connectivity index is 2.10. The molecule has 3 unspecified atom stereocenters. The maximum absolute atomic E-state index is 11.4. The zero-order valence-corrected chi connectivity index (χ0v) is 10.9. The number of nitrogens with zero attached hydrogens (tertiary/aromatic N) is 1. The van der Waals surface area contributed by atoms with Crippen LogP contribution in [0.1, 0.15) is 58.3 Å². The first-order valence-corrected chi connectivity index (χ1v) is 7.18. The second-order valence-electron chi connectivity index (χ2n) is 5.73. The van der Waals surface area contributed by atoms with Gasteiger partial charge in [-0.15, -0.1) is 0 Å². The summed E-state index contributed by atoms with van der Waals surface area (Å²) in [6, 6.07) is 0.874. The molecule has 1 aliphatic carbocycles. The first kappa shape index (κ1) is 12.9. The van der Waals surface area contributed by atoms with Crippen LogP contribution >= 0.6 is 0 Å². The molecule has 0 aromatic heterocycles. The highest BCUT2D eigenvalue weighted by molar-refractivity contribution is 5.71. The second-order valence-corrected chi connectivity index (χ2v) is 5.73. The quantitative estimate of drug-likeness (QED) is 0.753. The third-order valence-corrected chi connectivity index (χ3v) is 4.58. The largest absolute Gasteiger partial charge is 0.481 e. The van der Waals surface area contributed by atoms with Crippen molar-refractivity contribution in [2.24, 2.45) is 5.92 Å². The van der Waals surface area contributed by atoms with Crippen molar-refractivity contribution in [1.82, 2.24) is 4.90 Å². The van der Waals surface area contributed by atoms with Gasteiger partial charge in [0.1, 0.15) is 0 Å². The van der Waals surface area contributed by atoms with Gasteiger partial charge in [-0.3, -0.25) is 9.69 Å². The van der Waals surface area contributed by atoms with Gasteiger partial charge < -0.3 is 5.11 Å². The van der Waals surface area contributed by atoms with Crippen LogP contribution in [0.25, 0.3) is 0 Å². The standard InChI is InChI=1S/C14H25NO2/c1-11-7-5-6-10-15(11)13-9-4-2-3-8-12(13)14(16)17/h11-13H,2-10H2,1H3,(H,16,17). The van der Waals surface area contributed by atoms with Crippen molar-refractivity contribution in [2.45, 2.75) is 70.4 Å². The van der Waals surface area contributed by atoms with Crippen LogP contribution in [-0.2, 0) is 4.79 Å². The molecule has 1 saturated heterocycles. The van der Waals surface area contributed by atoms with E-state index in [1.165, 1.54) is 32.1 Å². The van der Waals surface area contributed by atoms with E-state index in [2.05, 4.69) is 11.8 Å². The van der Waals surface area contributed by atoms with Gasteiger partial charge in [0.15, 0.2) is 0 Å². The van der Waals surface area contributed by atoms with Crippen molar-refractivity contribution in [1.29, 1.82) is 0 Å². The lowest BCUT2D eigenvalue weighted by Crippen LogP contribution is -2.49. The molecule has 98 valence electrons. The fourth-order valence-corrected chi connectivity index (χ4v) is 3.59. The lowest BCUT2D eigenvalue weighted by atomic mass is 9.90. The average Bonchev–Trinajstić information content (AvgIpc) is 2.55. The Morgan fingerprint density at radius 2 is 1.76 bits per heavy atom. The van der Waals surface area contributed by atoms with E-state index in [-0.39, 0.29) is 5.92 Å². The molecule has 0 aromatic rings. The molecule has 1 heterocycles. The molecule has 1 N–H and O–H groups in total.